The van der Waals surface area contributed by atoms with Gasteiger partial charge in [0.2, 0.25) is 10.0 Å². The van der Waals surface area contributed by atoms with Gasteiger partial charge in [-0.05, 0) is 54.8 Å². The van der Waals surface area contributed by atoms with Crippen molar-refractivity contribution in [2.45, 2.75) is 25.9 Å². The Labute approximate surface area is 152 Å². The van der Waals surface area contributed by atoms with Crippen LogP contribution in [0.2, 0.25) is 5.02 Å². The molecular weight excluding hydrogens is 360 g/mol. The number of hydrogen-bond acceptors (Lipinski definition) is 3. The number of sulfonamides is 1. The Morgan fingerprint density at radius 2 is 1.92 bits per heavy atom. The van der Waals surface area contributed by atoms with Crippen LogP contribution in [0.4, 0.5) is 5.69 Å². The largest absolute Gasteiger partial charge is 0.348 e. The molecule has 0 spiro atoms. The number of fused-ring (bicyclic) bond motifs is 1. The number of benzene rings is 2. The van der Waals surface area contributed by atoms with Crippen LogP contribution in [0.25, 0.3) is 0 Å². The lowest BCUT2D eigenvalue weighted by atomic mass is 10.1. The molecule has 0 unspecified atom stereocenters. The molecule has 5 nitrogen and oxygen atoms in total. The number of nitrogens with zero attached hydrogens (tertiary/aromatic N) is 1. The Morgan fingerprint density at radius 3 is 2.56 bits per heavy atom. The molecule has 0 radical (unpaired) electrons. The number of rotatable bonds is 4. The molecule has 0 saturated carbocycles. The van der Waals surface area contributed by atoms with Crippen molar-refractivity contribution in [1.29, 1.82) is 0 Å². The summed E-state index contributed by atoms with van der Waals surface area (Å²) in [7, 11) is -3.33. The summed E-state index contributed by atoms with van der Waals surface area (Å²) in [5.74, 6) is -0.191. The number of amides is 1. The molecule has 2 aromatic carbocycles. The molecule has 0 aliphatic carbocycles. The van der Waals surface area contributed by atoms with Gasteiger partial charge in [-0.25, -0.2) is 8.42 Å². The topological polar surface area (TPSA) is 66.5 Å². The highest BCUT2D eigenvalue weighted by atomic mass is 35.5. The lowest BCUT2D eigenvalue weighted by Gasteiger charge is -2.21. The van der Waals surface area contributed by atoms with Gasteiger partial charge in [0.25, 0.3) is 5.91 Å². The lowest BCUT2D eigenvalue weighted by Crippen LogP contribution is -2.34. The van der Waals surface area contributed by atoms with E-state index in [0.29, 0.717) is 29.2 Å². The van der Waals surface area contributed by atoms with E-state index in [1.807, 2.05) is 19.1 Å². The SMILES string of the molecule is C[C@H]1Cc2cc(C(=O)NCc3ccc(Cl)cc3)ccc2N1S(C)(=O)=O. The molecule has 132 valence electrons. The van der Waals surface area contributed by atoms with Crippen LogP contribution in [-0.4, -0.2) is 26.6 Å². The third-order valence-corrected chi connectivity index (χ3v) is 5.74. The van der Waals surface area contributed by atoms with Crippen LogP contribution in [0.1, 0.15) is 28.4 Å². The second-order valence-electron chi connectivity index (χ2n) is 6.26. The maximum Gasteiger partial charge on any atom is 0.251 e. The summed E-state index contributed by atoms with van der Waals surface area (Å²) >= 11 is 5.85. The fourth-order valence-electron chi connectivity index (χ4n) is 3.14. The van der Waals surface area contributed by atoms with Crippen molar-refractivity contribution in [2.75, 3.05) is 10.6 Å². The maximum absolute atomic E-state index is 12.4. The van der Waals surface area contributed by atoms with Crippen molar-refractivity contribution in [3.63, 3.8) is 0 Å². The predicted molar refractivity (Wildman–Crippen MR) is 99.6 cm³/mol. The Balaban J connectivity index is 1.75. The first-order valence-corrected chi connectivity index (χ1v) is 10.1. The predicted octanol–water partition coefficient (Wildman–Crippen LogP) is 2.98. The highest BCUT2D eigenvalue weighted by molar-refractivity contribution is 7.92. The summed E-state index contributed by atoms with van der Waals surface area (Å²) in [6.07, 6.45) is 1.80. The summed E-state index contributed by atoms with van der Waals surface area (Å²) in [4.78, 5) is 12.4. The normalized spacial score (nSPS) is 16.6. The molecule has 1 amide bonds. The van der Waals surface area contributed by atoms with Gasteiger partial charge < -0.3 is 5.32 Å². The van der Waals surface area contributed by atoms with E-state index in [1.165, 1.54) is 10.6 Å². The second kappa shape index (κ2) is 6.69. The average Bonchev–Trinajstić information content (AvgIpc) is 2.88. The van der Waals surface area contributed by atoms with Crippen molar-refractivity contribution in [2.24, 2.45) is 0 Å². The summed E-state index contributed by atoms with van der Waals surface area (Å²) in [6, 6.07) is 12.3. The third-order valence-electron chi connectivity index (χ3n) is 4.22. The summed E-state index contributed by atoms with van der Waals surface area (Å²) < 4.78 is 25.3. The number of halogens is 1. The zero-order valence-corrected chi connectivity index (χ0v) is 15.6. The van der Waals surface area contributed by atoms with Crippen LogP contribution >= 0.6 is 11.6 Å². The first-order chi connectivity index (χ1) is 11.8. The van der Waals surface area contributed by atoms with Gasteiger partial charge in [-0.3, -0.25) is 9.10 Å². The second-order valence-corrected chi connectivity index (χ2v) is 8.56. The van der Waals surface area contributed by atoms with Crippen molar-refractivity contribution < 1.29 is 13.2 Å². The Morgan fingerprint density at radius 1 is 1.24 bits per heavy atom. The van der Waals surface area contributed by atoms with Crippen molar-refractivity contribution in [1.82, 2.24) is 5.32 Å². The van der Waals surface area contributed by atoms with Gasteiger partial charge in [-0.1, -0.05) is 23.7 Å². The Hall–Kier alpha value is -2.05. The molecule has 7 heteroatoms. The van der Waals surface area contributed by atoms with Crippen molar-refractivity contribution in [3.8, 4) is 0 Å². The molecule has 1 N–H and O–H groups in total. The van der Waals surface area contributed by atoms with Crippen LogP contribution in [0.15, 0.2) is 42.5 Å². The van der Waals surface area contributed by atoms with Gasteiger partial charge >= 0.3 is 0 Å². The number of carbonyl (C=O) groups is 1. The van der Waals surface area contributed by atoms with Crippen LogP contribution in [0.5, 0.6) is 0 Å². The minimum atomic E-state index is -3.33. The fourth-order valence-corrected chi connectivity index (χ4v) is 4.53. The Kier molecular flexibility index (Phi) is 4.75. The highest BCUT2D eigenvalue weighted by Gasteiger charge is 2.32. The van der Waals surface area contributed by atoms with E-state index in [9.17, 15) is 13.2 Å². The molecule has 0 fully saturated rings. The summed E-state index contributed by atoms with van der Waals surface area (Å²) in [5, 5.41) is 3.52. The van der Waals surface area contributed by atoms with Gasteiger partial charge in [-0.15, -0.1) is 0 Å². The monoisotopic (exact) mass is 378 g/mol. The molecule has 1 aliphatic heterocycles. The average molecular weight is 379 g/mol. The molecule has 0 aromatic heterocycles. The van der Waals surface area contributed by atoms with Gasteiger partial charge in [0.15, 0.2) is 0 Å². The molecule has 0 saturated heterocycles. The molecule has 0 bridgehead atoms. The number of carbonyl (C=O) groups excluding carboxylic acids is 1. The fraction of sp³-hybridized carbons (Fsp3) is 0.278. The van der Waals surface area contributed by atoms with Gasteiger partial charge in [0, 0.05) is 23.2 Å². The van der Waals surface area contributed by atoms with E-state index < -0.39 is 10.0 Å². The first-order valence-electron chi connectivity index (χ1n) is 7.90. The van der Waals surface area contributed by atoms with E-state index in [-0.39, 0.29) is 11.9 Å². The first kappa shape index (κ1) is 17.8. The number of nitrogens with one attached hydrogen (secondary N) is 1. The maximum atomic E-state index is 12.4. The van der Waals surface area contributed by atoms with Crippen molar-refractivity contribution in [3.05, 3.63) is 64.2 Å². The summed E-state index contributed by atoms with van der Waals surface area (Å²) in [5.41, 5.74) is 3.01. The number of hydrogen-bond donors (Lipinski definition) is 1. The van der Waals surface area contributed by atoms with E-state index in [0.717, 1.165) is 11.1 Å². The van der Waals surface area contributed by atoms with E-state index in [1.54, 1.807) is 30.3 Å². The van der Waals surface area contributed by atoms with Crippen LogP contribution in [0, 0.1) is 0 Å². The van der Waals surface area contributed by atoms with Crippen LogP contribution in [-0.2, 0) is 23.0 Å². The molecule has 1 atom stereocenters. The number of anilines is 1. The highest BCUT2D eigenvalue weighted by Crippen LogP contribution is 2.34. The molecule has 1 heterocycles. The van der Waals surface area contributed by atoms with Gasteiger partial charge in [0.1, 0.15) is 0 Å². The smallest absolute Gasteiger partial charge is 0.251 e. The Bertz CT molecular complexity index is 910. The van der Waals surface area contributed by atoms with E-state index in [4.69, 9.17) is 11.6 Å². The molecular formula is C18H19ClN2O3S. The van der Waals surface area contributed by atoms with E-state index >= 15 is 0 Å². The molecule has 25 heavy (non-hydrogen) atoms. The zero-order valence-electron chi connectivity index (χ0n) is 14.0. The third kappa shape index (κ3) is 3.80. The standard InChI is InChI=1S/C18H19ClN2O3S/c1-12-9-15-10-14(5-8-17(15)21(12)25(2,23)24)18(22)20-11-13-3-6-16(19)7-4-13/h3-8,10,12H,9,11H2,1-2H3,(H,20,22)/t12-/m0/s1. The quantitative estimate of drug-likeness (QED) is 0.889. The molecule has 1 aliphatic rings. The molecule has 3 rings (SSSR count). The minimum absolute atomic E-state index is 0.141. The van der Waals surface area contributed by atoms with Gasteiger partial charge in [0.05, 0.1) is 11.9 Å². The van der Waals surface area contributed by atoms with Crippen molar-refractivity contribution >= 4 is 33.2 Å². The van der Waals surface area contributed by atoms with Crippen LogP contribution < -0.4 is 9.62 Å². The van der Waals surface area contributed by atoms with Crippen LogP contribution in [0.3, 0.4) is 0 Å². The zero-order chi connectivity index (χ0) is 18.2. The van der Waals surface area contributed by atoms with Gasteiger partial charge in [-0.2, -0.15) is 0 Å². The van der Waals surface area contributed by atoms with E-state index in [2.05, 4.69) is 5.32 Å². The summed E-state index contributed by atoms with van der Waals surface area (Å²) in [6.45, 7) is 2.26. The minimum Gasteiger partial charge on any atom is -0.348 e. The lowest BCUT2D eigenvalue weighted by molar-refractivity contribution is 0.0951. The molecule has 2 aromatic rings.